The van der Waals surface area contributed by atoms with Crippen LogP contribution < -0.4 is 10.6 Å². The number of anilines is 2. The van der Waals surface area contributed by atoms with E-state index in [0.29, 0.717) is 12.2 Å². The molecule has 0 spiro atoms. The van der Waals surface area contributed by atoms with Crippen LogP contribution >= 0.6 is 0 Å². The fourth-order valence-corrected chi connectivity index (χ4v) is 2.46. The van der Waals surface area contributed by atoms with Crippen LogP contribution in [-0.4, -0.2) is 21.8 Å². The fourth-order valence-electron chi connectivity index (χ4n) is 2.46. The molecule has 0 bridgehead atoms. The van der Waals surface area contributed by atoms with Crippen LogP contribution in [0.15, 0.2) is 42.7 Å². The molecule has 0 saturated heterocycles. The monoisotopic (exact) mass is 267 g/mol. The molecule has 102 valence electrons. The SMILES string of the molecule is CN(Cc1nn(C)c2ccccc12)c1ccncc1N. The van der Waals surface area contributed by atoms with Gasteiger partial charge in [-0.05, 0) is 12.1 Å². The van der Waals surface area contributed by atoms with Crippen molar-refractivity contribution in [1.29, 1.82) is 0 Å². The second kappa shape index (κ2) is 4.85. The van der Waals surface area contributed by atoms with Gasteiger partial charge in [0.05, 0.1) is 35.3 Å². The molecule has 5 nitrogen and oxygen atoms in total. The molecule has 3 rings (SSSR count). The molecule has 3 aromatic rings. The van der Waals surface area contributed by atoms with Crippen molar-refractivity contribution in [3.63, 3.8) is 0 Å². The lowest BCUT2D eigenvalue weighted by Gasteiger charge is -2.19. The molecule has 5 heteroatoms. The third-order valence-electron chi connectivity index (χ3n) is 3.46. The largest absolute Gasteiger partial charge is 0.396 e. The van der Waals surface area contributed by atoms with Crippen molar-refractivity contribution >= 4 is 22.3 Å². The maximum atomic E-state index is 5.96. The lowest BCUT2D eigenvalue weighted by molar-refractivity contribution is 0.754. The van der Waals surface area contributed by atoms with Crippen LogP contribution in [0.25, 0.3) is 10.9 Å². The van der Waals surface area contributed by atoms with Gasteiger partial charge in [0.1, 0.15) is 0 Å². The second-order valence-electron chi connectivity index (χ2n) is 4.88. The number of benzene rings is 1. The van der Waals surface area contributed by atoms with Crippen molar-refractivity contribution in [1.82, 2.24) is 14.8 Å². The van der Waals surface area contributed by atoms with Gasteiger partial charge in [-0.15, -0.1) is 0 Å². The standard InChI is InChI=1S/C15H17N5/c1-19(15-7-8-17-9-12(15)16)10-13-11-5-3-4-6-14(11)20(2)18-13/h3-9H,10,16H2,1-2H3. The van der Waals surface area contributed by atoms with Gasteiger partial charge in [-0.3, -0.25) is 9.67 Å². The summed E-state index contributed by atoms with van der Waals surface area (Å²) in [5, 5.41) is 5.78. The highest BCUT2D eigenvalue weighted by atomic mass is 15.3. The Morgan fingerprint density at radius 2 is 2.05 bits per heavy atom. The quantitative estimate of drug-likeness (QED) is 0.790. The van der Waals surface area contributed by atoms with Crippen LogP contribution in [0.4, 0.5) is 11.4 Å². The Balaban J connectivity index is 1.96. The number of nitrogens with two attached hydrogens (primary N) is 1. The molecular formula is C15H17N5. The third kappa shape index (κ3) is 2.07. The minimum atomic E-state index is 0.676. The van der Waals surface area contributed by atoms with Gasteiger partial charge in [-0.25, -0.2) is 0 Å². The molecule has 0 aliphatic rings. The third-order valence-corrected chi connectivity index (χ3v) is 3.46. The second-order valence-corrected chi connectivity index (χ2v) is 4.88. The number of hydrogen-bond donors (Lipinski definition) is 1. The number of para-hydroxylation sites is 1. The first-order valence-electron chi connectivity index (χ1n) is 6.48. The highest BCUT2D eigenvalue weighted by Crippen LogP contribution is 2.24. The van der Waals surface area contributed by atoms with Crippen molar-refractivity contribution < 1.29 is 0 Å². The Bertz CT molecular complexity index is 747. The van der Waals surface area contributed by atoms with E-state index in [0.717, 1.165) is 16.9 Å². The van der Waals surface area contributed by atoms with E-state index in [1.807, 2.05) is 37.0 Å². The summed E-state index contributed by atoms with van der Waals surface area (Å²) in [6, 6.07) is 10.2. The Kier molecular flexibility index (Phi) is 3.02. The molecule has 0 saturated carbocycles. The summed E-state index contributed by atoms with van der Waals surface area (Å²) in [5.74, 6) is 0. The van der Waals surface area contributed by atoms with Crippen LogP contribution in [0.5, 0.6) is 0 Å². The first-order valence-corrected chi connectivity index (χ1v) is 6.48. The maximum Gasteiger partial charge on any atom is 0.0896 e. The van der Waals surface area contributed by atoms with Crippen LogP contribution in [0.1, 0.15) is 5.69 Å². The van der Waals surface area contributed by atoms with Crippen LogP contribution in [0.3, 0.4) is 0 Å². The molecule has 0 fully saturated rings. The average molecular weight is 267 g/mol. The smallest absolute Gasteiger partial charge is 0.0896 e. The summed E-state index contributed by atoms with van der Waals surface area (Å²) in [6.07, 6.45) is 3.42. The Hall–Kier alpha value is -2.56. The summed E-state index contributed by atoms with van der Waals surface area (Å²) in [6.45, 7) is 0.704. The highest BCUT2D eigenvalue weighted by Gasteiger charge is 2.12. The summed E-state index contributed by atoms with van der Waals surface area (Å²) >= 11 is 0. The van der Waals surface area contributed by atoms with Crippen molar-refractivity contribution in [2.45, 2.75) is 6.54 Å². The van der Waals surface area contributed by atoms with E-state index in [1.165, 1.54) is 5.39 Å². The van der Waals surface area contributed by atoms with E-state index in [4.69, 9.17) is 5.73 Å². The zero-order valence-electron chi connectivity index (χ0n) is 11.6. The van der Waals surface area contributed by atoms with Gasteiger partial charge in [-0.2, -0.15) is 5.10 Å². The average Bonchev–Trinajstić information content (AvgIpc) is 2.76. The fraction of sp³-hybridized carbons (Fsp3) is 0.200. The normalized spacial score (nSPS) is 10.9. The van der Waals surface area contributed by atoms with E-state index < -0.39 is 0 Å². The van der Waals surface area contributed by atoms with Crippen LogP contribution in [-0.2, 0) is 13.6 Å². The molecule has 0 amide bonds. The number of rotatable bonds is 3. The number of aromatic nitrogens is 3. The van der Waals surface area contributed by atoms with E-state index >= 15 is 0 Å². The molecule has 2 aromatic heterocycles. The Morgan fingerprint density at radius 3 is 2.85 bits per heavy atom. The molecule has 2 heterocycles. The molecule has 0 unspecified atom stereocenters. The minimum Gasteiger partial charge on any atom is -0.396 e. The number of hydrogen-bond acceptors (Lipinski definition) is 4. The van der Waals surface area contributed by atoms with Gasteiger partial charge in [0.2, 0.25) is 0 Å². The van der Waals surface area contributed by atoms with Crippen molar-refractivity contribution in [2.24, 2.45) is 7.05 Å². The molecule has 0 atom stereocenters. The summed E-state index contributed by atoms with van der Waals surface area (Å²) in [7, 11) is 3.97. The first-order chi connectivity index (χ1) is 9.66. The van der Waals surface area contributed by atoms with E-state index in [-0.39, 0.29) is 0 Å². The van der Waals surface area contributed by atoms with E-state index in [9.17, 15) is 0 Å². The molecular weight excluding hydrogens is 250 g/mol. The van der Waals surface area contributed by atoms with Gasteiger partial charge >= 0.3 is 0 Å². The van der Waals surface area contributed by atoms with Crippen LogP contribution in [0, 0.1) is 0 Å². The van der Waals surface area contributed by atoms with E-state index in [2.05, 4.69) is 27.1 Å². The summed E-state index contributed by atoms with van der Waals surface area (Å²) in [4.78, 5) is 6.11. The number of nitrogens with zero attached hydrogens (tertiary/aromatic N) is 4. The Labute approximate surface area is 117 Å². The zero-order valence-corrected chi connectivity index (χ0v) is 11.6. The molecule has 2 N–H and O–H groups in total. The first kappa shape index (κ1) is 12.5. The minimum absolute atomic E-state index is 0.676. The van der Waals surface area contributed by atoms with Crippen LogP contribution in [0.2, 0.25) is 0 Å². The topological polar surface area (TPSA) is 60.0 Å². The maximum absolute atomic E-state index is 5.96. The van der Waals surface area contributed by atoms with E-state index in [1.54, 1.807) is 12.4 Å². The molecule has 1 aromatic carbocycles. The molecule has 0 aliphatic heterocycles. The predicted molar refractivity (Wildman–Crippen MR) is 81.5 cm³/mol. The van der Waals surface area contributed by atoms with Gasteiger partial charge in [-0.1, -0.05) is 18.2 Å². The van der Waals surface area contributed by atoms with Gasteiger partial charge in [0, 0.05) is 25.7 Å². The number of aryl methyl sites for hydroxylation is 1. The Morgan fingerprint density at radius 1 is 1.25 bits per heavy atom. The summed E-state index contributed by atoms with van der Waals surface area (Å²) < 4.78 is 1.91. The van der Waals surface area contributed by atoms with Crippen molar-refractivity contribution in [2.75, 3.05) is 17.7 Å². The lowest BCUT2D eigenvalue weighted by Crippen LogP contribution is -2.18. The number of nitrogen functional groups attached to an aromatic ring is 1. The molecule has 0 radical (unpaired) electrons. The predicted octanol–water partition coefficient (Wildman–Crippen LogP) is 2.19. The summed E-state index contributed by atoms with van der Waals surface area (Å²) in [5.41, 5.74) is 9.79. The lowest BCUT2D eigenvalue weighted by atomic mass is 10.2. The van der Waals surface area contributed by atoms with Gasteiger partial charge in [0.15, 0.2) is 0 Å². The van der Waals surface area contributed by atoms with Gasteiger partial charge < -0.3 is 10.6 Å². The molecule has 0 aliphatic carbocycles. The molecule has 20 heavy (non-hydrogen) atoms. The number of pyridine rings is 1. The highest BCUT2D eigenvalue weighted by molar-refractivity contribution is 5.82. The van der Waals surface area contributed by atoms with Crippen molar-refractivity contribution in [3.8, 4) is 0 Å². The number of fused-ring (bicyclic) bond motifs is 1. The zero-order chi connectivity index (χ0) is 14.1. The van der Waals surface area contributed by atoms with Gasteiger partial charge in [0.25, 0.3) is 0 Å². The van der Waals surface area contributed by atoms with Crippen molar-refractivity contribution in [3.05, 3.63) is 48.4 Å².